The molecule has 1 aliphatic rings. The molecule has 0 aliphatic carbocycles. The van der Waals surface area contributed by atoms with Gasteiger partial charge in [-0.1, -0.05) is 23.7 Å². The van der Waals surface area contributed by atoms with Crippen LogP contribution in [0.25, 0.3) is 0 Å². The monoisotopic (exact) mass is 313 g/mol. The molecule has 0 N–H and O–H groups in total. The van der Waals surface area contributed by atoms with Crippen molar-refractivity contribution < 1.29 is 9.59 Å². The lowest BCUT2D eigenvalue weighted by atomic mass is 10.1. The highest BCUT2D eigenvalue weighted by Crippen LogP contribution is 2.29. The van der Waals surface area contributed by atoms with E-state index in [1.54, 1.807) is 30.0 Å². The predicted molar refractivity (Wildman–Crippen MR) is 87.7 cm³/mol. The van der Waals surface area contributed by atoms with Crippen LogP contribution in [0.3, 0.4) is 0 Å². The van der Waals surface area contributed by atoms with Gasteiger partial charge in [0.05, 0.1) is 6.42 Å². The normalized spacial score (nSPS) is 13.1. The second-order valence-electron chi connectivity index (χ2n) is 5.50. The molecule has 2 aromatic carbocycles. The summed E-state index contributed by atoms with van der Waals surface area (Å²) in [6, 6.07) is 12.9. The minimum atomic E-state index is 0.0498. The van der Waals surface area contributed by atoms with E-state index in [1.165, 1.54) is 0 Å². The highest BCUT2D eigenvalue weighted by molar-refractivity contribution is 6.30. The van der Waals surface area contributed by atoms with Gasteiger partial charge in [-0.05, 0) is 54.8 Å². The van der Waals surface area contributed by atoms with Crippen LogP contribution in [0.1, 0.15) is 28.4 Å². The maximum Gasteiger partial charge on any atom is 0.231 e. The van der Waals surface area contributed by atoms with Gasteiger partial charge in [0.1, 0.15) is 0 Å². The summed E-state index contributed by atoms with van der Waals surface area (Å²) < 4.78 is 0. The fourth-order valence-corrected chi connectivity index (χ4v) is 2.88. The molecule has 1 aliphatic heterocycles. The van der Waals surface area contributed by atoms with E-state index >= 15 is 0 Å². The summed E-state index contributed by atoms with van der Waals surface area (Å²) in [4.78, 5) is 25.7. The molecule has 0 bridgehead atoms. The number of rotatable bonds is 3. The van der Waals surface area contributed by atoms with E-state index in [2.05, 4.69) is 0 Å². The van der Waals surface area contributed by atoms with Gasteiger partial charge in [-0.15, -0.1) is 0 Å². The molecule has 1 amide bonds. The number of anilines is 1. The first kappa shape index (κ1) is 14.8. The lowest BCUT2D eigenvalue weighted by molar-refractivity contribution is -0.117. The van der Waals surface area contributed by atoms with Gasteiger partial charge in [-0.2, -0.15) is 0 Å². The SMILES string of the molecule is CC(=O)c1ccc2c(c1)CCN2C(=O)Cc1ccc(Cl)cc1. The fraction of sp³-hybridized carbons (Fsp3) is 0.222. The van der Waals surface area contributed by atoms with Crippen molar-refractivity contribution in [1.29, 1.82) is 0 Å². The Balaban J connectivity index is 1.79. The molecule has 0 saturated carbocycles. The van der Waals surface area contributed by atoms with Crippen LogP contribution in [0.2, 0.25) is 5.02 Å². The molecule has 1 heterocycles. The van der Waals surface area contributed by atoms with Crippen LogP contribution in [0.4, 0.5) is 5.69 Å². The number of Topliss-reactive ketones (excluding diaryl/α,β-unsaturated/α-hetero) is 1. The molecule has 3 nitrogen and oxygen atoms in total. The van der Waals surface area contributed by atoms with Crippen molar-refractivity contribution in [2.45, 2.75) is 19.8 Å². The number of fused-ring (bicyclic) bond motifs is 1. The van der Waals surface area contributed by atoms with Crippen molar-refractivity contribution in [2.24, 2.45) is 0 Å². The minimum absolute atomic E-state index is 0.0498. The number of benzene rings is 2. The molecule has 22 heavy (non-hydrogen) atoms. The van der Waals surface area contributed by atoms with E-state index < -0.39 is 0 Å². The molecule has 0 fully saturated rings. The van der Waals surface area contributed by atoms with E-state index in [0.29, 0.717) is 23.6 Å². The fourth-order valence-electron chi connectivity index (χ4n) is 2.75. The van der Waals surface area contributed by atoms with Crippen molar-refractivity contribution in [3.63, 3.8) is 0 Å². The topological polar surface area (TPSA) is 37.4 Å². The zero-order chi connectivity index (χ0) is 15.7. The van der Waals surface area contributed by atoms with Crippen molar-refractivity contribution in [1.82, 2.24) is 0 Å². The summed E-state index contributed by atoms with van der Waals surface area (Å²) in [7, 11) is 0. The Morgan fingerprint density at radius 2 is 1.86 bits per heavy atom. The van der Waals surface area contributed by atoms with Crippen LogP contribution >= 0.6 is 11.6 Å². The Hall–Kier alpha value is -2.13. The number of ketones is 1. The second kappa shape index (κ2) is 5.93. The average molecular weight is 314 g/mol. The first-order valence-electron chi connectivity index (χ1n) is 7.23. The van der Waals surface area contributed by atoms with Gasteiger partial charge in [0, 0.05) is 22.8 Å². The molecule has 2 aromatic rings. The van der Waals surface area contributed by atoms with E-state index in [-0.39, 0.29) is 11.7 Å². The standard InChI is InChI=1S/C18H16ClNO2/c1-12(21)14-4-7-17-15(11-14)8-9-20(17)18(22)10-13-2-5-16(19)6-3-13/h2-7,11H,8-10H2,1H3. The largest absolute Gasteiger partial charge is 0.312 e. The van der Waals surface area contributed by atoms with Crippen LogP contribution in [0, 0.1) is 0 Å². The average Bonchev–Trinajstić information content (AvgIpc) is 2.92. The highest BCUT2D eigenvalue weighted by Gasteiger charge is 2.25. The summed E-state index contributed by atoms with van der Waals surface area (Å²) in [6.45, 7) is 2.23. The van der Waals surface area contributed by atoms with Gasteiger partial charge in [-0.25, -0.2) is 0 Å². The van der Waals surface area contributed by atoms with Crippen LogP contribution in [0.5, 0.6) is 0 Å². The van der Waals surface area contributed by atoms with Crippen molar-refractivity contribution in [2.75, 3.05) is 11.4 Å². The number of hydrogen-bond donors (Lipinski definition) is 0. The summed E-state index contributed by atoms with van der Waals surface area (Å²) in [6.07, 6.45) is 1.15. The predicted octanol–water partition coefficient (Wildman–Crippen LogP) is 3.67. The molecular weight excluding hydrogens is 298 g/mol. The van der Waals surface area contributed by atoms with Gasteiger partial charge in [0.15, 0.2) is 5.78 Å². The number of carbonyl (C=O) groups is 2. The summed E-state index contributed by atoms with van der Waals surface area (Å²) >= 11 is 5.86. The first-order valence-corrected chi connectivity index (χ1v) is 7.61. The molecule has 0 atom stereocenters. The van der Waals surface area contributed by atoms with Gasteiger partial charge in [0.25, 0.3) is 0 Å². The van der Waals surface area contributed by atoms with Gasteiger partial charge in [0.2, 0.25) is 5.91 Å². The maximum atomic E-state index is 12.5. The molecule has 4 heteroatoms. The summed E-state index contributed by atoms with van der Waals surface area (Å²) in [5.74, 6) is 0.116. The second-order valence-corrected chi connectivity index (χ2v) is 5.93. The molecular formula is C18H16ClNO2. The van der Waals surface area contributed by atoms with Crippen LogP contribution in [-0.4, -0.2) is 18.2 Å². The van der Waals surface area contributed by atoms with Gasteiger partial charge >= 0.3 is 0 Å². The van der Waals surface area contributed by atoms with E-state index in [0.717, 1.165) is 23.2 Å². The Morgan fingerprint density at radius 3 is 2.55 bits per heavy atom. The Labute approximate surface area is 134 Å². The van der Waals surface area contributed by atoms with E-state index in [1.807, 2.05) is 24.3 Å². The number of nitrogens with zero attached hydrogens (tertiary/aromatic N) is 1. The Kier molecular flexibility index (Phi) is 3.99. The lowest BCUT2D eigenvalue weighted by Gasteiger charge is -2.17. The van der Waals surface area contributed by atoms with Gasteiger partial charge in [-0.3, -0.25) is 9.59 Å². The summed E-state index contributed by atoms with van der Waals surface area (Å²) in [5, 5.41) is 0.666. The van der Waals surface area contributed by atoms with Crippen molar-refractivity contribution in [3.05, 3.63) is 64.2 Å². The third kappa shape index (κ3) is 2.90. The molecule has 0 spiro atoms. The zero-order valence-corrected chi connectivity index (χ0v) is 13.1. The molecule has 0 aromatic heterocycles. The molecule has 0 radical (unpaired) electrons. The number of amides is 1. The maximum absolute atomic E-state index is 12.5. The Bertz CT molecular complexity index is 737. The molecule has 3 rings (SSSR count). The summed E-state index contributed by atoms with van der Waals surface area (Å²) in [5.41, 5.74) is 3.63. The zero-order valence-electron chi connectivity index (χ0n) is 12.3. The van der Waals surface area contributed by atoms with Crippen molar-refractivity contribution >= 4 is 29.0 Å². The number of carbonyl (C=O) groups excluding carboxylic acids is 2. The quantitative estimate of drug-likeness (QED) is 0.811. The third-order valence-corrected chi connectivity index (χ3v) is 4.20. The molecule has 0 unspecified atom stereocenters. The van der Waals surface area contributed by atoms with E-state index in [9.17, 15) is 9.59 Å². The van der Waals surface area contributed by atoms with Crippen LogP contribution < -0.4 is 4.90 Å². The minimum Gasteiger partial charge on any atom is -0.312 e. The van der Waals surface area contributed by atoms with Gasteiger partial charge < -0.3 is 4.90 Å². The van der Waals surface area contributed by atoms with Crippen molar-refractivity contribution in [3.8, 4) is 0 Å². The first-order chi connectivity index (χ1) is 10.5. The number of hydrogen-bond acceptors (Lipinski definition) is 2. The van der Waals surface area contributed by atoms with E-state index in [4.69, 9.17) is 11.6 Å². The third-order valence-electron chi connectivity index (χ3n) is 3.95. The molecule has 112 valence electrons. The number of halogens is 1. The van der Waals surface area contributed by atoms with Crippen LogP contribution in [-0.2, 0) is 17.6 Å². The highest BCUT2D eigenvalue weighted by atomic mass is 35.5. The van der Waals surface area contributed by atoms with Crippen LogP contribution in [0.15, 0.2) is 42.5 Å². The smallest absolute Gasteiger partial charge is 0.231 e. The molecule has 0 saturated heterocycles. The lowest BCUT2D eigenvalue weighted by Crippen LogP contribution is -2.30. The Morgan fingerprint density at radius 1 is 1.14 bits per heavy atom.